The predicted molar refractivity (Wildman–Crippen MR) is 156 cm³/mol. The van der Waals surface area contributed by atoms with Gasteiger partial charge in [-0.25, -0.2) is 16.8 Å². The fourth-order valence-electron chi connectivity index (χ4n) is 3.86. The minimum Gasteiger partial charge on any atom is -0.497 e. The van der Waals surface area contributed by atoms with Crippen molar-refractivity contribution >= 4 is 43.0 Å². The Labute approximate surface area is 234 Å². The van der Waals surface area contributed by atoms with Crippen LogP contribution in [0, 0.1) is 13.8 Å². The molecule has 0 radical (unpaired) electrons. The van der Waals surface area contributed by atoms with Gasteiger partial charge in [-0.05, 0) is 92.2 Å². The number of carbonyl (C=O) groups is 1. The van der Waals surface area contributed by atoms with Crippen LogP contribution in [0.3, 0.4) is 0 Å². The summed E-state index contributed by atoms with van der Waals surface area (Å²) in [7, 11) is -6.42. The number of rotatable bonds is 10. The molecule has 0 aromatic heterocycles. The standard InChI is InChI=1S/C29H29N3O6S2/c1-21-7-15-28(16-8-21)40(36,37)32(25-6-4-5-22(2)19-25)20-29(33)30-23-11-17-27(18-12-23)39(34,35)31-24-9-13-26(38-3)14-10-24/h4-19,31H,20H2,1-3H3,(H,30,33). The normalized spacial score (nSPS) is 11.5. The second kappa shape index (κ2) is 11.8. The molecule has 4 aromatic rings. The highest BCUT2D eigenvalue weighted by atomic mass is 32.2. The molecule has 9 nitrogen and oxygen atoms in total. The van der Waals surface area contributed by atoms with Crippen molar-refractivity contribution in [2.75, 3.05) is 28.0 Å². The third-order valence-electron chi connectivity index (χ3n) is 5.98. The smallest absolute Gasteiger partial charge is 0.264 e. The van der Waals surface area contributed by atoms with Crippen molar-refractivity contribution in [3.63, 3.8) is 0 Å². The summed E-state index contributed by atoms with van der Waals surface area (Å²) in [6.07, 6.45) is 0. The van der Waals surface area contributed by atoms with Crippen LogP contribution in [0.15, 0.2) is 107 Å². The van der Waals surface area contributed by atoms with Crippen molar-refractivity contribution in [3.8, 4) is 5.75 Å². The summed E-state index contributed by atoms with van der Waals surface area (Å²) in [5, 5.41) is 2.66. The molecule has 0 aliphatic carbocycles. The van der Waals surface area contributed by atoms with E-state index in [1.54, 1.807) is 54.6 Å². The number of ether oxygens (including phenoxy) is 1. The summed E-state index contributed by atoms with van der Waals surface area (Å²) in [6, 6.07) is 25.3. The molecule has 11 heteroatoms. The topological polar surface area (TPSA) is 122 Å². The van der Waals surface area contributed by atoms with Crippen LogP contribution in [0.2, 0.25) is 0 Å². The van der Waals surface area contributed by atoms with Gasteiger partial charge in [-0.1, -0.05) is 29.8 Å². The van der Waals surface area contributed by atoms with Crippen LogP contribution in [0.4, 0.5) is 17.1 Å². The third kappa shape index (κ3) is 6.80. The van der Waals surface area contributed by atoms with E-state index in [1.807, 2.05) is 19.9 Å². The van der Waals surface area contributed by atoms with E-state index in [0.717, 1.165) is 15.4 Å². The summed E-state index contributed by atoms with van der Waals surface area (Å²) < 4.78 is 61.3. The molecule has 4 rings (SSSR count). The Kier molecular flexibility index (Phi) is 8.46. The first-order valence-corrected chi connectivity index (χ1v) is 15.1. The average Bonchev–Trinajstić information content (AvgIpc) is 2.92. The SMILES string of the molecule is COc1ccc(NS(=O)(=O)c2ccc(NC(=O)CN(c3cccc(C)c3)S(=O)(=O)c3ccc(C)cc3)cc2)cc1. The zero-order valence-corrected chi connectivity index (χ0v) is 23.8. The van der Waals surface area contributed by atoms with E-state index < -0.39 is 32.5 Å². The van der Waals surface area contributed by atoms with E-state index in [4.69, 9.17) is 4.74 Å². The zero-order valence-electron chi connectivity index (χ0n) is 22.2. The van der Waals surface area contributed by atoms with Gasteiger partial charge in [0.1, 0.15) is 12.3 Å². The molecule has 0 aliphatic heterocycles. The fourth-order valence-corrected chi connectivity index (χ4v) is 6.33. The van der Waals surface area contributed by atoms with Crippen LogP contribution in [0.25, 0.3) is 0 Å². The number of nitrogens with one attached hydrogen (secondary N) is 2. The summed E-state index contributed by atoms with van der Waals surface area (Å²) in [5.41, 5.74) is 2.77. The summed E-state index contributed by atoms with van der Waals surface area (Å²) >= 11 is 0. The second-order valence-electron chi connectivity index (χ2n) is 9.07. The molecule has 0 saturated heterocycles. The molecule has 0 atom stereocenters. The minimum absolute atomic E-state index is 0.00958. The van der Waals surface area contributed by atoms with Gasteiger partial charge in [0.15, 0.2) is 0 Å². The van der Waals surface area contributed by atoms with Crippen molar-refractivity contribution in [1.82, 2.24) is 0 Å². The van der Waals surface area contributed by atoms with Gasteiger partial charge in [0.25, 0.3) is 20.0 Å². The van der Waals surface area contributed by atoms with Gasteiger partial charge in [0, 0.05) is 11.4 Å². The summed E-state index contributed by atoms with van der Waals surface area (Å²) in [6.45, 7) is 3.20. The summed E-state index contributed by atoms with van der Waals surface area (Å²) in [5.74, 6) is -0.000157. The highest BCUT2D eigenvalue weighted by Crippen LogP contribution is 2.25. The highest BCUT2D eigenvalue weighted by Gasteiger charge is 2.27. The highest BCUT2D eigenvalue weighted by molar-refractivity contribution is 7.93. The van der Waals surface area contributed by atoms with Gasteiger partial charge >= 0.3 is 0 Å². The number of carbonyl (C=O) groups excluding carboxylic acids is 1. The lowest BCUT2D eigenvalue weighted by Crippen LogP contribution is -2.38. The number of benzene rings is 4. The molecule has 0 fully saturated rings. The van der Waals surface area contributed by atoms with Crippen LogP contribution >= 0.6 is 0 Å². The van der Waals surface area contributed by atoms with E-state index in [2.05, 4.69) is 10.0 Å². The van der Waals surface area contributed by atoms with Crippen molar-refractivity contribution in [3.05, 3.63) is 108 Å². The van der Waals surface area contributed by atoms with Gasteiger partial charge in [0.05, 0.1) is 22.6 Å². The van der Waals surface area contributed by atoms with Crippen LogP contribution < -0.4 is 19.1 Å². The van der Waals surface area contributed by atoms with Crippen LogP contribution in [0.1, 0.15) is 11.1 Å². The predicted octanol–water partition coefficient (Wildman–Crippen LogP) is 4.95. The number of aryl methyl sites for hydroxylation is 2. The Morgan fingerprint density at radius 2 is 1.35 bits per heavy atom. The van der Waals surface area contributed by atoms with E-state index in [9.17, 15) is 21.6 Å². The first-order chi connectivity index (χ1) is 19.0. The van der Waals surface area contributed by atoms with Crippen LogP contribution in [0.5, 0.6) is 5.75 Å². The van der Waals surface area contributed by atoms with Gasteiger partial charge in [0.2, 0.25) is 5.91 Å². The van der Waals surface area contributed by atoms with Gasteiger partial charge in [-0.15, -0.1) is 0 Å². The summed E-state index contributed by atoms with van der Waals surface area (Å²) in [4.78, 5) is 13.1. The molecular weight excluding hydrogens is 550 g/mol. The number of anilines is 3. The van der Waals surface area contributed by atoms with Gasteiger partial charge in [-0.2, -0.15) is 0 Å². The molecule has 0 spiro atoms. The number of hydrogen-bond donors (Lipinski definition) is 2. The second-order valence-corrected chi connectivity index (χ2v) is 12.6. The minimum atomic E-state index is -4.06. The number of methoxy groups -OCH3 is 1. The molecule has 0 unspecified atom stereocenters. The number of hydrogen-bond acceptors (Lipinski definition) is 6. The number of sulfonamides is 2. The molecule has 208 valence electrons. The molecule has 40 heavy (non-hydrogen) atoms. The first kappa shape index (κ1) is 28.7. The van der Waals surface area contributed by atoms with E-state index in [-0.39, 0.29) is 9.79 Å². The Bertz CT molecular complexity index is 1700. The van der Waals surface area contributed by atoms with Crippen molar-refractivity contribution in [2.45, 2.75) is 23.6 Å². The maximum atomic E-state index is 13.5. The van der Waals surface area contributed by atoms with Crippen LogP contribution in [-0.4, -0.2) is 36.4 Å². The average molecular weight is 580 g/mol. The van der Waals surface area contributed by atoms with E-state index in [0.29, 0.717) is 22.8 Å². The molecule has 0 saturated carbocycles. The van der Waals surface area contributed by atoms with Crippen molar-refractivity contribution < 1.29 is 26.4 Å². The Hall–Kier alpha value is -4.35. The van der Waals surface area contributed by atoms with Crippen LogP contribution in [-0.2, 0) is 24.8 Å². The monoisotopic (exact) mass is 579 g/mol. The van der Waals surface area contributed by atoms with Gasteiger partial charge in [-0.3, -0.25) is 13.8 Å². The van der Waals surface area contributed by atoms with Crippen molar-refractivity contribution in [2.24, 2.45) is 0 Å². The Balaban J connectivity index is 1.51. The molecule has 0 heterocycles. The molecule has 0 bridgehead atoms. The maximum absolute atomic E-state index is 13.5. The quantitative estimate of drug-likeness (QED) is 0.274. The Morgan fingerprint density at radius 3 is 1.95 bits per heavy atom. The number of amides is 1. The molecular formula is C29H29N3O6S2. The molecule has 0 aliphatic rings. The number of nitrogens with zero attached hydrogens (tertiary/aromatic N) is 1. The lowest BCUT2D eigenvalue weighted by atomic mass is 10.2. The van der Waals surface area contributed by atoms with E-state index >= 15 is 0 Å². The molecule has 1 amide bonds. The van der Waals surface area contributed by atoms with E-state index in [1.165, 1.54) is 43.5 Å². The molecule has 2 N–H and O–H groups in total. The largest absolute Gasteiger partial charge is 0.497 e. The first-order valence-electron chi connectivity index (χ1n) is 12.2. The maximum Gasteiger partial charge on any atom is 0.264 e. The lowest BCUT2D eigenvalue weighted by molar-refractivity contribution is -0.114. The van der Waals surface area contributed by atoms with Crippen molar-refractivity contribution in [1.29, 1.82) is 0 Å². The molecule has 4 aromatic carbocycles. The third-order valence-corrected chi connectivity index (χ3v) is 9.16. The van der Waals surface area contributed by atoms with Gasteiger partial charge < -0.3 is 10.1 Å². The zero-order chi connectivity index (χ0) is 28.9. The lowest BCUT2D eigenvalue weighted by Gasteiger charge is -2.24. The fraction of sp³-hybridized carbons (Fsp3) is 0.138. The Morgan fingerprint density at radius 1 is 0.750 bits per heavy atom.